The number of aliphatic hydroxyl groups excluding tert-OH is 1. The minimum atomic E-state index is -0.207. The standard InChI is InChI=1S/C21H21N3O2/c25-15-12-20(18-4-2-1-3-5-18)23-21(26)11-8-17-6-9-19(10-7-17)24-14-13-22-16-24/h1-11,13-14,16,20,25H,12,15H2,(H,23,26)/b11-8+. The van der Waals surface area contributed by atoms with E-state index in [0.717, 1.165) is 16.8 Å². The van der Waals surface area contributed by atoms with E-state index in [4.69, 9.17) is 0 Å². The zero-order valence-corrected chi connectivity index (χ0v) is 14.3. The fourth-order valence-corrected chi connectivity index (χ4v) is 2.70. The van der Waals surface area contributed by atoms with Gasteiger partial charge in [-0.05, 0) is 35.8 Å². The van der Waals surface area contributed by atoms with E-state index in [1.54, 1.807) is 18.6 Å². The Bertz CT molecular complexity index is 841. The molecule has 132 valence electrons. The Morgan fingerprint density at radius 3 is 2.58 bits per heavy atom. The molecule has 0 fully saturated rings. The number of nitrogens with one attached hydrogen (secondary N) is 1. The molecule has 0 spiro atoms. The molecule has 0 bridgehead atoms. The van der Waals surface area contributed by atoms with E-state index in [-0.39, 0.29) is 18.6 Å². The van der Waals surface area contributed by atoms with Crippen molar-refractivity contribution in [2.45, 2.75) is 12.5 Å². The van der Waals surface area contributed by atoms with Crippen LogP contribution in [0.2, 0.25) is 0 Å². The number of rotatable bonds is 7. The number of carbonyl (C=O) groups excluding carboxylic acids is 1. The van der Waals surface area contributed by atoms with Gasteiger partial charge in [0.25, 0.3) is 0 Å². The summed E-state index contributed by atoms with van der Waals surface area (Å²) in [6.45, 7) is 0.0132. The van der Waals surface area contributed by atoms with E-state index >= 15 is 0 Å². The molecular formula is C21H21N3O2. The molecule has 0 saturated carbocycles. The summed E-state index contributed by atoms with van der Waals surface area (Å²) in [4.78, 5) is 16.3. The first-order chi connectivity index (χ1) is 12.8. The van der Waals surface area contributed by atoms with E-state index in [9.17, 15) is 9.90 Å². The summed E-state index contributed by atoms with van der Waals surface area (Å²) in [6, 6.07) is 17.3. The molecule has 3 aromatic rings. The summed E-state index contributed by atoms with van der Waals surface area (Å²) in [5.41, 5.74) is 2.92. The van der Waals surface area contributed by atoms with Gasteiger partial charge in [0.05, 0.1) is 12.4 Å². The Morgan fingerprint density at radius 2 is 1.92 bits per heavy atom. The van der Waals surface area contributed by atoms with Crippen LogP contribution in [0.15, 0.2) is 79.4 Å². The van der Waals surface area contributed by atoms with Gasteiger partial charge in [-0.25, -0.2) is 4.98 Å². The normalized spacial score (nSPS) is 12.2. The number of benzene rings is 2. The van der Waals surface area contributed by atoms with E-state index in [2.05, 4.69) is 10.3 Å². The maximum atomic E-state index is 12.2. The lowest BCUT2D eigenvalue weighted by atomic mass is 10.0. The molecule has 1 atom stereocenters. The molecule has 1 aromatic heterocycles. The predicted molar refractivity (Wildman–Crippen MR) is 102 cm³/mol. The third-order valence-electron chi connectivity index (χ3n) is 4.06. The molecule has 5 nitrogen and oxygen atoms in total. The first kappa shape index (κ1) is 17.6. The predicted octanol–water partition coefficient (Wildman–Crippen LogP) is 3.13. The van der Waals surface area contributed by atoms with Crippen molar-refractivity contribution in [3.63, 3.8) is 0 Å². The fraction of sp³-hybridized carbons (Fsp3) is 0.143. The van der Waals surface area contributed by atoms with Crippen LogP contribution in [0.5, 0.6) is 0 Å². The molecule has 3 rings (SSSR count). The average Bonchev–Trinajstić information content (AvgIpc) is 3.22. The van der Waals surface area contributed by atoms with Crippen molar-refractivity contribution in [2.24, 2.45) is 0 Å². The molecule has 26 heavy (non-hydrogen) atoms. The number of aliphatic hydroxyl groups is 1. The van der Waals surface area contributed by atoms with Gasteiger partial charge in [-0.1, -0.05) is 42.5 Å². The van der Waals surface area contributed by atoms with Crippen LogP contribution in [0.25, 0.3) is 11.8 Å². The summed E-state index contributed by atoms with van der Waals surface area (Å²) >= 11 is 0. The van der Waals surface area contributed by atoms with Gasteiger partial charge in [-0.15, -0.1) is 0 Å². The van der Waals surface area contributed by atoms with Gasteiger partial charge in [0, 0.05) is 30.8 Å². The Labute approximate surface area is 152 Å². The molecule has 2 N–H and O–H groups in total. The van der Waals surface area contributed by atoms with Crippen LogP contribution in [0, 0.1) is 0 Å². The van der Waals surface area contributed by atoms with Crippen LogP contribution in [0.1, 0.15) is 23.6 Å². The topological polar surface area (TPSA) is 67.2 Å². The lowest BCUT2D eigenvalue weighted by Crippen LogP contribution is -2.27. The van der Waals surface area contributed by atoms with E-state index in [1.807, 2.05) is 65.4 Å². The fourth-order valence-electron chi connectivity index (χ4n) is 2.70. The average molecular weight is 347 g/mol. The van der Waals surface area contributed by atoms with E-state index in [0.29, 0.717) is 6.42 Å². The second kappa shape index (κ2) is 8.78. The SMILES string of the molecule is O=C(/C=C/c1ccc(-n2ccnc2)cc1)NC(CCO)c1ccccc1. The van der Waals surface area contributed by atoms with E-state index < -0.39 is 0 Å². The Morgan fingerprint density at radius 1 is 1.15 bits per heavy atom. The summed E-state index contributed by atoms with van der Waals surface area (Å²) in [5.74, 6) is -0.189. The Balaban J connectivity index is 1.63. The zero-order valence-electron chi connectivity index (χ0n) is 14.3. The van der Waals surface area contributed by atoms with Crippen LogP contribution in [0.4, 0.5) is 0 Å². The molecule has 1 unspecified atom stereocenters. The van der Waals surface area contributed by atoms with Crippen LogP contribution < -0.4 is 5.32 Å². The van der Waals surface area contributed by atoms with Gasteiger partial charge >= 0.3 is 0 Å². The Hall–Kier alpha value is -3.18. The van der Waals surface area contributed by atoms with Crippen molar-refractivity contribution in [2.75, 3.05) is 6.61 Å². The number of amides is 1. The largest absolute Gasteiger partial charge is 0.396 e. The monoisotopic (exact) mass is 347 g/mol. The van der Waals surface area contributed by atoms with Crippen molar-refractivity contribution in [1.82, 2.24) is 14.9 Å². The summed E-state index contributed by atoms with van der Waals surface area (Å²) in [6.07, 6.45) is 9.11. The van der Waals surface area contributed by atoms with Crippen LogP contribution in [0.3, 0.4) is 0 Å². The van der Waals surface area contributed by atoms with Crippen molar-refractivity contribution in [3.05, 3.63) is 90.5 Å². The third-order valence-corrected chi connectivity index (χ3v) is 4.06. The minimum absolute atomic E-state index is 0.0132. The van der Waals surface area contributed by atoms with Gasteiger partial charge in [0.15, 0.2) is 0 Å². The highest BCUT2D eigenvalue weighted by atomic mass is 16.3. The van der Waals surface area contributed by atoms with Gasteiger partial charge in [-0.2, -0.15) is 0 Å². The van der Waals surface area contributed by atoms with Gasteiger partial charge in [-0.3, -0.25) is 4.79 Å². The van der Waals surface area contributed by atoms with Crippen molar-refractivity contribution in [1.29, 1.82) is 0 Å². The number of aromatic nitrogens is 2. The molecule has 1 amide bonds. The first-order valence-electron chi connectivity index (χ1n) is 8.49. The molecule has 0 aliphatic rings. The summed E-state index contributed by atoms with van der Waals surface area (Å²) in [7, 11) is 0. The second-order valence-electron chi connectivity index (χ2n) is 5.88. The highest BCUT2D eigenvalue weighted by Gasteiger charge is 2.12. The second-order valence-corrected chi connectivity index (χ2v) is 5.88. The van der Waals surface area contributed by atoms with Crippen molar-refractivity contribution < 1.29 is 9.90 Å². The molecular weight excluding hydrogens is 326 g/mol. The minimum Gasteiger partial charge on any atom is -0.396 e. The lowest BCUT2D eigenvalue weighted by molar-refractivity contribution is -0.117. The molecule has 2 aromatic carbocycles. The Kier molecular flexibility index (Phi) is 5.96. The van der Waals surface area contributed by atoms with Crippen LogP contribution in [-0.2, 0) is 4.79 Å². The highest BCUT2D eigenvalue weighted by Crippen LogP contribution is 2.16. The smallest absolute Gasteiger partial charge is 0.244 e. The molecule has 1 heterocycles. The quantitative estimate of drug-likeness (QED) is 0.645. The molecule has 0 saturated heterocycles. The molecule has 5 heteroatoms. The highest BCUT2D eigenvalue weighted by molar-refractivity contribution is 5.92. The summed E-state index contributed by atoms with van der Waals surface area (Å²) < 4.78 is 1.92. The van der Waals surface area contributed by atoms with Crippen molar-refractivity contribution in [3.8, 4) is 5.69 Å². The molecule has 0 aliphatic heterocycles. The number of nitrogens with zero attached hydrogens (tertiary/aromatic N) is 2. The van der Waals surface area contributed by atoms with Gasteiger partial charge in [0.1, 0.15) is 0 Å². The van der Waals surface area contributed by atoms with Gasteiger partial charge < -0.3 is 15.0 Å². The van der Waals surface area contributed by atoms with Crippen LogP contribution >= 0.6 is 0 Å². The third kappa shape index (κ3) is 4.68. The maximum absolute atomic E-state index is 12.2. The lowest BCUT2D eigenvalue weighted by Gasteiger charge is -2.17. The number of hydrogen-bond donors (Lipinski definition) is 2. The van der Waals surface area contributed by atoms with Crippen LogP contribution in [-0.4, -0.2) is 27.2 Å². The van der Waals surface area contributed by atoms with E-state index in [1.165, 1.54) is 6.08 Å². The zero-order chi connectivity index (χ0) is 18.2. The molecule has 0 radical (unpaired) electrons. The maximum Gasteiger partial charge on any atom is 0.244 e. The van der Waals surface area contributed by atoms with Gasteiger partial charge in [0.2, 0.25) is 5.91 Å². The number of hydrogen-bond acceptors (Lipinski definition) is 3. The number of imidazole rings is 1. The van der Waals surface area contributed by atoms with Crippen molar-refractivity contribution >= 4 is 12.0 Å². The summed E-state index contributed by atoms with van der Waals surface area (Å²) in [5, 5.41) is 12.2. The first-order valence-corrected chi connectivity index (χ1v) is 8.49. The number of carbonyl (C=O) groups is 1. The molecule has 0 aliphatic carbocycles.